The highest BCUT2D eigenvalue weighted by Crippen LogP contribution is 2.17. The number of carbonyl (C=O) groups is 1. The first-order chi connectivity index (χ1) is 9.72. The van der Waals surface area contributed by atoms with Crippen molar-refractivity contribution in [3.63, 3.8) is 0 Å². The van der Waals surface area contributed by atoms with Crippen LogP contribution in [0.4, 0.5) is 5.69 Å². The Morgan fingerprint density at radius 1 is 1.00 bits per heavy atom. The summed E-state index contributed by atoms with van der Waals surface area (Å²) in [6.45, 7) is 0. The maximum atomic E-state index is 12.1. The van der Waals surface area contributed by atoms with Gasteiger partial charge in [0.2, 0.25) is 0 Å². The van der Waals surface area contributed by atoms with Crippen LogP contribution >= 0.6 is 11.6 Å². The summed E-state index contributed by atoms with van der Waals surface area (Å²) in [6.07, 6.45) is 3.25. The molecule has 20 heavy (non-hydrogen) atoms. The number of halogens is 1. The van der Waals surface area contributed by atoms with Gasteiger partial charge in [0.25, 0.3) is 5.91 Å². The van der Waals surface area contributed by atoms with E-state index >= 15 is 0 Å². The summed E-state index contributed by atoms with van der Waals surface area (Å²) in [7, 11) is 0. The van der Waals surface area contributed by atoms with Crippen LogP contribution in [0, 0.1) is 0 Å². The fraction of sp³-hybridized carbons (Fsp3) is 0. The number of aromatic nitrogens is 2. The van der Waals surface area contributed by atoms with E-state index < -0.39 is 0 Å². The molecule has 98 valence electrons. The molecule has 0 atom stereocenters. The van der Waals surface area contributed by atoms with Crippen molar-refractivity contribution in [1.29, 1.82) is 0 Å². The van der Waals surface area contributed by atoms with Gasteiger partial charge in [-0.05, 0) is 36.4 Å². The SMILES string of the molecule is O=C(Nc1ccc2nccnc2c1)c1cccc(Cl)c1. The number of nitrogens with zero attached hydrogens (tertiary/aromatic N) is 2. The standard InChI is InChI=1S/C15H10ClN3O/c16-11-3-1-2-10(8-11)15(20)19-12-4-5-13-14(9-12)18-7-6-17-13/h1-9H,(H,19,20). The summed E-state index contributed by atoms with van der Waals surface area (Å²) >= 11 is 5.87. The van der Waals surface area contributed by atoms with Crippen LogP contribution in [0.2, 0.25) is 5.02 Å². The van der Waals surface area contributed by atoms with Crippen LogP contribution in [-0.2, 0) is 0 Å². The number of carbonyl (C=O) groups excluding carboxylic acids is 1. The monoisotopic (exact) mass is 283 g/mol. The third-order valence-electron chi connectivity index (χ3n) is 2.81. The molecule has 0 aliphatic heterocycles. The van der Waals surface area contributed by atoms with Crippen LogP contribution in [0.1, 0.15) is 10.4 Å². The van der Waals surface area contributed by atoms with Crippen LogP contribution in [0.25, 0.3) is 11.0 Å². The fourth-order valence-corrected chi connectivity index (χ4v) is 2.06. The largest absolute Gasteiger partial charge is 0.322 e. The maximum absolute atomic E-state index is 12.1. The third kappa shape index (κ3) is 2.60. The van der Waals surface area contributed by atoms with Gasteiger partial charge in [-0.3, -0.25) is 14.8 Å². The molecule has 3 rings (SSSR count). The van der Waals surface area contributed by atoms with Gasteiger partial charge in [-0.1, -0.05) is 17.7 Å². The van der Waals surface area contributed by atoms with Crippen LogP contribution < -0.4 is 5.32 Å². The average molecular weight is 284 g/mol. The number of hydrogen-bond donors (Lipinski definition) is 1. The fourth-order valence-electron chi connectivity index (χ4n) is 1.87. The molecule has 1 aromatic heterocycles. The van der Waals surface area contributed by atoms with Crippen LogP contribution in [-0.4, -0.2) is 15.9 Å². The van der Waals surface area contributed by atoms with Crippen molar-refractivity contribution < 1.29 is 4.79 Å². The zero-order valence-corrected chi connectivity index (χ0v) is 11.1. The highest BCUT2D eigenvalue weighted by atomic mass is 35.5. The summed E-state index contributed by atoms with van der Waals surface area (Å²) in [6, 6.07) is 12.2. The zero-order valence-electron chi connectivity index (χ0n) is 10.4. The molecule has 2 aromatic carbocycles. The molecule has 0 saturated heterocycles. The van der Waals surface area contributed by atoms with Crippen LogP contribution in [0.3, 0.4) is 0 Å². The summed E-state index contributed by atoms with van der Waals surface area (Å²) in [5, 5.41) is 3.34. The highest BCUT2D eigenvalue weighted by Gasteiger charge is 2.07. The van der Waals surface area contributed by atoms with Crippen molar-refractivity contribution in [2.75, 3.05) is 5.32 Å². The molecule has 4 nitrogen and oxygen atoms in total. The molecule has 0 aliphatic rings. The molecule has 0 unspecified atom stereocenters. The molecule has 0 spiro atoms. The predicted molar refractivity (Wildman–Crippen MR) is 78.9 cm³/mol. The van der Waals surface area contributed by atoms with Gasteiger partial charge < -0.3 is 5.32 Å². The van der Waals surface area contributed by atoms with Gasteiger partial charge in [-0.15, -0.1) is 0 Å². The predicted octanol–water partition coefficient (Wildman–Crippen LogP) is 3.54. The van der Waals surface area contributed by atoms with E-state index in [9.17, 15) is 4.79 Å². The van der Waals surface area contributed by atoms with Crippen molar-refractivity contribution in [1.82, 2.24) is 9.97 Å². The number of fused-ring (bicyclic) bond motifs is 1. The topological polar surface area (TPSA) is 54.9 Å². The first kappa shape index (κ1) is 12.6. The summed E-state index contributed by atoms with van der Waals surface area (Å²) < 4.78 is 0. The van der Waals surface area contributed by atoms with Crippen LogP contribution in [0.5, 0.6) is 0 Å². The van der Waals surface area contributed by atoms with Gasteiger partial charge in [0.15, 0.2) is 0 Å². The highest BCUT2D eigenvalue weighted by molar-refractivity contribution is 6.31. The van der Waals surface area contributed by atoms with E-state index in [-0.39, 0.29) is 5.91 Å². The Bertz CT molecular complexity index is 789. The molecular formula is C15H10ClN3O. The second-order valence-corrected chi connectivity index (χ2v) is 4.66. The number of benzene rings is 2. The number of amides is 1. The van der Waals surface area contributed by atoms with Gasteiger partial charge in [0.05, 0.1) is 11.0 Å². The lowest BCUT2D eigenvalue weighted by Crippen LogP contribution is -2.11. The van der Waals surface area contributed by atoms with Gasteiger partial charge in [0, 0.05) is 28.7 Å². The first-order valence-corrected chi connectivity index (χ1v) is 6.38. The average Bonchev–Trinajstić information content (AvgIpc) is 2.47. The van der Waals surface area contributed by atoms with E-state index in [0.29, 0.717) is 16.3 Å². The van der Waals surface area contributed by atoms with Crippen LogP contribution in [0.15, 0.2) is 54.9 Å². The summed E-state index contributed by atoms with van der Waals surface area (Å²) in [5.41, 5.74) is 2.70. The number of hydrogen-bond acceptors (Lipinski definition) is 3. The normalized spacial score (nSPS) is 10.4. The number of anilines is 1. The molecule has 0 fully saturated rings. The lowest BCUT2D eigenvalue weighted by atomic mass is 10.2. The Balaban J connectivity index is 1.87. The lowest BCUT2D eigenvalue weighted by molar-refractivity contribution is 0.102. The number of nitrogens with one attached hydrogen (secondary N) is 1. The van der Waals surface area contributed by atoms with E-state index in [1.165, 1.54) is 0 Å². The molecule has 1 heterocycles. The minimum atomic E-state index is -0.212. The van der Waals surface area contributed by atoms with Crippen molar-refractivity contribution in [2.24, 2.45) is 0 Å². The minimum Gasteiger partial charge on any atom is -0.322 e. The van der Waals surface area contributed by atoms with E-state index in [4.69, 9.17) is 11.6 Å². The molecule has 0 saturated carbocycles. The Morgan fingerprint density at radius 2 is 1.80 bits per heavy atom. The maximum Gasteiger partial charge on any atom is 0.255 e. The van der Waals surface area contributed by atoms with E-state index in [1.54, 1.807) is 48.8 Å². The molecule has 3 aromatic rings. The molecule has 0 bridgehead atoms. The Labute approximate surface area is 120 Å². The molecule has 0 radical (unpaired) electrons. The van der Waals surface area contributed by atoms with Crippen molar-refractivity contribution in [2.45, 2.75) is 0 Å². The second kappa shape index (κ2) is 5.27. The van der Waals surface area contributed by atoms with Crippen molar-refractivity contribution >= 4 is 34.2 Å². The van der Waals surface area contributed by atoms with Gasteiger partial charge >= 0.3 is 0 Å². The van der Waals surface area contributed by atoms with E-state index in [0.717, 1.165) is 11.0 Å². The Kier molecular flexibility index (Phi) is 3.31. The molecule has 5 heteroatoms. The van der Waals surface area contributed by atoms with Crippen molar-refractivity contribution in [3.8, 4) is 0 Å². The van der Waals surface area contributed by atoms with E-state index in [2.05, 4.69) is 15.3 Å². The van der Waals surface area contributed by atoms with E-state index in [1.807, 2.05) is 6.07 Å². The van der Waals surface area contributed by atoms with Gasteiger partial charge in [0.1, 0.15) is 0 Å². The minimum absolute atomic E-state index is 0.212. The third-order valence-corrected chi connectivity index (χ3v) is 3.05. The zero-order chi connectivity index (χ0) is 13.9. The number of rotatable bonds is 2. The van der Waals surface area contributed by atoms with Gasteiger partial charge in [-0.25, -0.2) is 0 Å². The summed E-state index contributed by atoms with van der Waals surface area (Å²) in [5.74, 6) is -0.212. The first-order valence-electron chi connectivity index (χ1n) is 6.00. The summed E-state index contributed by atoms with van der Waals surface area (Å²) in [4.78, 5) is 20.5. The van der Waals surface area contributed by atoms with Gasteiger partial charge in [-0.2, -0.15) is 0 Å². The molecule has 1 N–H and O–H groups in total. The van der Waals surface area contributed by atoms with Crippen molar-refractivity contribution in [3.05, 3.63) is 65.4 Å². The second-order valence-electron chi connectivity index (χ2n) is 4.22. The Morgan fingerprint density at radius 3 is 2.60 bits per heavy atom. The molecule has 0 aliphatic carbocycles. The quantitative estimate of drug-likeness (QED) is 0.783. The Hall–Kier alpha value is -2.46. The molecular weight excluding hydrogens is 274 g/mol. The lowest BCUT2D eigenvalue weighted by Gasteiger charge is -2.06. The smallest absolute Gasteiger partial charge is 0.255 e. The molecule has 1 amide bonds.